The summed E-state index contributed by atoms with van der Waals surface area (Å²) >= 11 is 5.89. The number of hydrazone groups is 1. The smallest absolute Gasteiger partial charge is 0.277 e. The van der Waals surface area contributed by atoms with Gasteiger partial charge in [-0.05, 0) is 59.7 Å². The Morgan fingerprint density at radius 1 is 0.969 bits per heavy atom. The third-order valence-electron chi connectivity index (χ3n) is 4.56. The zero-order valence-electron chi connectivity index (χ0n) is 17.1. The summed E-state index contributed by atoms with van der Waals surface area (Å²) in [5, 5.41) is 5.62. The van der Waals surface area contributed by atoms with E-state index >= 15 is 0 Å². The van der Waals surface area contributed by atoms with Crippen LogP contribution in [0.2, 0.25) is 5.02 Å². The summed E-state index contributed by atoms with van der Waals surface area (Å²) in [5.74, 6) is 0.923. The number of carbonyl (C=O) groups excluding carboxylic acids is 1. The Kier molecular flexibility index (Phi) is 6.94. The van der Waals surface area contributed by atoms with Crippen LogP contribution in [-0.4, -0.2) is 23.7 Å². The molecule has 1 heterocycles. The van der Waals surface area contributed by atoms with Gasteiger partial charge in [0.1, 0.15) is 23.6 Å². The fraction of sp³-hybridized carbons (Fsp3) is 0.0800. The van der Waals surface area contributed by atoms with Gasteiger partial charge in [0, 0.05) is 16.6 Å². The molecule has 0 unspecified atom stereocenters. The second kappa shape index (κ2) is 10.4. The molecule has 0 aliphatic rings. The second-order valence-corrected chi connectivity index (χ2v) is 7.33. The maximum atomic E-state index is 12.0. The summed E-state index contributed by atoms with van der Waals surface area (Å²) in [6, 6.07) is 24.3. The lowest BCUT2D eigenvalue weighted by molar-refractivity contribution is -0.123. The van der Waals surface area contributed by atoms with Crippen molar-refractivity contribution in [2.45, 2.75) is 6.61 Å². The summed E-state index contributed by atoms with van der Waals surface area (Å²) < 4.78 is 11.4. The molecule has 0 aliphatic heterocycles. The fourth-order valence-electron chi connectivity index (χ4n) is 2.94. The standard InChI is InChI=1S/C25H20ClN3O3/c26-21-10-6-19(7-11-21)16-31-22-12-8-18(9-13-22)15-28-29-24(30)17-32-23-5-1-3-20-4-2-14-27-25(20)23/h1-15H,16-17H2,(H,29,30)/b28-15+. The van der Waals surface area contributed by atoms with Gasteiger partial charge in [0.05, 0.1) is 6.21 Å². The fourth-order valence-corrected chi connectivity index (χ4v) is 3.07. The third kappa shape index (κ3) is 5.83. The van der Waals surface area contributed by atoms with Crippen LogP contribution >= 0.6 is 11.6 Å². The lowest BCUT2D eigenvalue weighted by atomic mass is 10.2. The number of amides is 1. The number of nitrogens with one attached hydrogen (secondary N) is 1. The number of carbonyl (C=O) groups is 1. The van der Waals surface area contributed by atoms with Crippen LogP contribution in [-0.2, 0) is 11.4 Å². The Morgan fingerprint density at radius 2 is 1.75 bits per heavy atom. The first kappa shape index (κ1) is 21.3. The van der Waals surface area contributed by atoms with Crippen LogP contribution in [0.4, 0.5) is 0 Å². The highest BCUT2D eigenvalue weighted by atomic mass is 35.5. The van der Waals surface area contributed by atoms with Crippen LogP contribution in [0.3, 0.4) is 0 Å². The van der Waals surface area contributed by atoms with Gasteiger partial charge in [-0.2, -0.15) is 5.10 Å². The maximum Gasteiger partial charge on any atom is 0.277 e. The third-order valence-corrected chi connectivity index (χ3v) is 4.81. The van der Waals surface area contributed by atoms with E-state index in [1.54, 1.807) is 18.5 Å². The molecule has 1 amide bonds. The molecule has 3 aromatic carbocycles. The molecule has 0 saturated heterocycles. The van der Waals surface area contributed by atoms with E-state index in [1.807, 2.05) is 72.8 Å². The molecule has 0 saturated carbocycles. The minimum Gasteiger partial charge on any atom is -0.489 e. The van der Waals surface area contributed by atoms with Crippen molar-refractivity contribution in [1.29, 1.82) is 0 Å². The Labute approximate surface area is 190 Å². The summed E-state index contributed by atoms with van der Waals surface area (Å²) in [6.07, 6.45) is 3.24. The van der Waals surface area contributed by atoms with Crippen molar-refractivity contribution in [2.75, 3.05) is 6.61 Å². The van der Waals surface area contributed by atoms with Crippen LogP contribution in [0.25, 0.3) is 10.9 Å². The molecule has 0 aliphatic carbocycles. The monoisotopic (exact) mass is 445 g/mol. The number of para-hydroxylation sites is 1. The van der Waals surface area contributed by atoms with E-state index < -0.39 is 0 Å². The molecular formula is C25H20ClN3O3. The number of ether oxygens (including phenoxy) is 2. The molecule has 6 nitrogen and oxygen atoms in total. The number of benzene rings is 3. The first-order valence-electron chi connectivity index (χ1n) is 9.93. The quantitative estimate of drug-likeness (QED) is 0.306. The highest BCUT2D eigenvalue weighted by Crippen LogP contribution is 2.22. The van der Waals surface area contributed by atoms with Gasteiger partial charge in [0.25, 0.3) is 5.91 Å². The summed E-state index contributed by atoms with van der Waals surface area (Å²) in [7, 11) is 0. The first-order chi connectivity index (χ1) is 15.7. The highest BCUT2D eigenvalue weighted by molar-refractivity contribution is 6.30. The SMILES string of the molecule is O=C(COc1cccc2cccnc12)N/N=C/c1ccc(OCc2ccc(Cl)cc2)cc1. The van der Waals surface area contributed by atoms with E-state index in [1.165, 1.54) is 0 Å². The Hall–Kier alpha value is -3.90. The zero-order valence-corrected chi connectivity index (χ0v) is 17.8. The molecule has 0 spiro atoms. The van der Waals surface area contributed by atoms with Crippen LogP contribution in [0.15, 0.2) is 90.2 Å². The normalized spacial score (nSPS) is 10.9. The number of fused-ring (bicyclic) bond motifs is 1. The van der Waals surface area contributed by atoms with Gasteiger partial charge in [0.2, 0.25) is 0 Å². The van der Waals surface area contributed by atoms with Crippen molar-refractivity contribution >= 4 is 34.6 Å². The van der Waals surface area contributed by atoms with Gasteiger partial charge in [-0.25, -0.2) is 5.43 Å². The second-order valence-electron chi connectivity index (χ2n) is 6.90. The molecule has 0 atom stereocenters. The molecule has 4 aromatic rings. The van der Waals surface area contributed by atoms with Crippen molar-refractivity contribution < 1.29 is 14.3 Å². The Bertz CT molecular complexity index is 1220. The molecular weight excluding hydrogens is 426 g/mol. The summed E-state index contributed by atoms with van der Waals surface area (Å²) in [4.78, 5) is 16.3. The van der Waals surface area contributed by atoms with E-state index in [4.69, 9.17) is 21.1 Å². The minimum atomic E-state index is -0.364. The number of pyridine rings is 1. The van der Waals surface area contributed by atoms with Crippen LogP contribution in [0, 0.1) is 0 Å². The van der Waals surface area contributed by atoms with Gasteiger partial charge in [-0.3, -0.25) is 9.78 Å². The van der Waals surface area contributed by atoms with Crippen LogP contribution in [0.5, 0.6) is 11.5 Å². The van der Waals surface area contributed by atoms with Crippen molar-refractivity contribution in [2.24, 2.45) is 5.10 Å². The molecule has 4 rings (SSSR count). The number of aromatic nitrogens is 1. The number of nitrogens with zero attached hydrogens (tertiary/aromatic N) is 2. The van der Waals surface area contributed by atoms with Gasteiger partial charge in [-0.1, -0.05) is 41.9 Å². The Balaban J connectivity index is 1.24. The van der Waals surface area contributed by atoms with Gasteiger partial charge in [0.15, 0.2) is 6.61 Å². The van der Waals surface area contributed by atoms with Crippen molar-refractivity contribution in [1.82, 2.24) is 10.4 Å². The van der Waals surface area contributed by atoms with Crippen molar-refractivity contribution in [3.05, 3.63) is 101 Å². The highest BCUT2D eigenvalue weighted by Gasteiger charge is 2.06. The molecule has 1 N–H and O–H groups in total. The predicted octanol–water partition coefficient (Wildman–Crippen LogP) is 5.00. The minimum absolute atomic E-state index is 0.162. The lowest BCUT2D eigenvalue weighted by Gasteiger charge is -2.07. The number of halogens is 1. The van der Waals surface area contributed by atoms with Gasteiger partial charge < -0.3 is 9.47 Å². The molecule has 0 fully saturated rings. The Morgan fingerprint density at radius 3 is 2.56 bits per heavy atom. The molecule has 0 radical (unpaired) electrons. The molecule has 0 bridgehead atoms. The molecule has 32 heavy (non-hydrogen) atoms. The average Bonchev–Trinajstić information content (AvgIpc) is 2.83. The number of hydrogen-bond acceptors (Lipinski definition) is 5. The van der Waals surface area contributed by atoms with E-state index in [0.717, 1.165) is 22.3 Å². The van der Waals surface area contributed by atoms with Gasteiger partial charge in [-0.15, -0.1) is 0 Å². The maximum absolute atomic E-state index is 12.0. The van der Waals surface area contributed by atoms with Crippen molar-refractivity contribution in [3.63, 3.8) is 0 Å². The van der Waals surface area contributed by atoms with E-state index in [0.29, 0.717) is 22.9 Å². The average molecular weight is 446 g/mol. The zero-order chi connectivity index (χ0) is 22.2. The molecule has 160 valence electrons. The van der Waals surface area contributed by atoms with E-state index in [2.05, 4.69) is 15.5 Å². The van der Waals surface area contributed by atoms with E-state index in [-0.39, 0.29) is 12.5 Å². The predicted molar refractivity (Wildman–Crippen MR) is 125 cm³/mol. The van der Waals surface area contributed by atoms with Crippen molar-refractivity contribution in [3.8, 4) is 11.5 Å². The number of rotatable bonds is 8. The van der Waals surface area contributed by atoms with Gasteiger partial charge >= 0.3 is 0 Å². The summed E-state index contributed by atoms with van der Waals surface area (Å²) in [6.45, 7) is 0.289. The molecule has 1 aromatic heterocycles. The van der Waals surface area contributed by atoms with E-state index in [9.17, 15) is 4.79 Å². The first-order valence-corrected chi connectivity index (χ1v) is 10.3. The van der Waals surface area contributed by atoms with Crippen LogP contribution < -0.4 is 14.9 Å². The topological polar surface area (TPSA) is 72.8 Å². The lowest BCUT2D eigenvalue weighted by Crippen LogP contribution is -2.24. The van der Waals surface area contributed by atoms with Crippen LogP contribution in [0.1, 0.15) is 11.1 Å². The number of hydrogen-bond donors (Lipinski definition) is 1. The largest absolute Gasteiger partial charge is 0.489 e. The summed E-state index contributed by atoms with van der Waals surface area (Å²) in [5.41, 5.74) is 5.03. The molecule has 7 heteroatoms.